The summed E-state index contributed by atoms with van der Waals surface area (Å²) in [6, 6.07) is 5.21. The van der Waals surface area contributed by atoms with Crippen LogP contribution >= 0.6 is 0 Å². The van der Waals surface area contributed by atoms with Crippen LogP contribution in [0.4, 0.5) is 13.2 Å². The van der Waals surface area contributed by atoms with E-state index in [0.717, 1.165) is 5.56 Å². The third kappa shape index (κ3) is 4.91. The average Bonchev–Trinajstić information content (AvgIpc) is 2.47. The number of amides is 1. The number of ether oxygens (including phenoxy) is 2. The fourth-order valence-electron chi connectivity index (χ4n) is 2.33. The summed E-state index contributed by atoms with van der Waals surface area (Å²) >= 11 is 0. The minimum Gasteiger partial charge on any atom is -0.406 e. The van der Waals surface area contributed by atoms with Gasteiger partial charge < -0.3 is 14.8 Å². The van der Waals surface area contributed by atoms with Crippen LogP contribution in [0.5, 0.6) is 5.75 Å². The van der Waals surface area contributed by atoms with Crippen molar-refractivity contribution in [2.75, 3.05) is 13.2 Å². The monoisotopic (exact) mass is 317 g/mol. The molecular formula is C15H18F3NO3. The lowest BCUT2D eigenvalue weighted by Gasteiger charge is -2.23. The van der Waals surface area contributed by atoms with Crippen molar-refractivity contribution in [1.29, 1.82) is 0 Å². The van der Waals surface area contributed by atoms with Crippen LogP contribution < -0.4 is 10.1 Å². The molecule has 1 aliphatic rings. The van der Waals surface area contributed by atoms with Crippen LogP contribution in [-0.4, -0.2) is 25.5 Å². The fourth-order valence-corrected chi connectivity index (χ4v) is 2.33. The second kappa shape index (κ2) is 7.00. The van der Waals surface area contributed by atoms with Gasteiger partial charge in [0.2, 0.25) is 5.91 Å². The standard InChI is InChI=1S/C15H18F3NO3/c1-10(19-14(20)12-6-8-21-9-7-12)11-2-4-13(5-3-11)22-15(16,17)18/h2-5,10,12H,6-9H2,1H3,(H,19,20)/t10-/m1/s1. The summed E-state index contributed by atoms with van der Waals surface area (Å²) in [6.07, 6.45) is -3.32. The van der Waals surface area contributed by atoms with Crippen LogP contribution in [0.3, 0.4) is 0 Å². The summed E-state index contributed by atoms with van der Waals surface area (Å²) in [4.78, 5) is 12.1. The van der Waals surface area contributed by atoms with E-state index in [-0.39, 0.29) is 23.6 Å². The maximum atomic E-state index is 12.1. The Morgan fingerprint density at radius 1 is 1.27 bits per heavy atom. The predicted octanol–water partition coefficient (Wildman–Crippen LogP) is 3.19. The van der Waals surface area contributed by atoms with Crippen LogP contribution in [-0.2, 0) is 9.53 Å². The van der Waals surface area contributed by atoms with Gasteiger partial charge in [0.15, 0.2) is 0 Å². The highest BCUT2D eigenvalue weighted by atomic mass is 19.4. The third-order valence-electron chi connectivity index (χ3n) is 3.56. The van der Waals surface area contributed by atoms with Gasteiger partial charge in [-0.1, -0.05) is 12.1 Å². The SMILES string of the molecule is C[C@@H](NC(=O)C1CCOCC1)c1ccc(OC(F)(F)F)cc1. The highest BCUT2D eigenvalue weighted by molar-refractivity contribution is 5.79. The van der Waals surface area contributed by atoms with Crippen molar-refractivity contribution in [3.05, 3.63) is 29.8 Å². The molecule has 0 aromatic heterocycles. The zero-order valence-corrected chi connectivity index (χ0v) is 12.2. The van der Waals surface area contributed by atoms with Crippen molar-refractivity contribution in [3.63, 3.8) is 0 Å². The first-order valence-electron chi connectivity index (χ1n) is 7.09. The molecule has 4 nitrogen and oxygen atoms in total. The quantitative estimate of drug-likeness (QED) is 0.928. The van der Waals surface area contributed by atoms with E-state index in [9.17, 15) is 18.0 Å². The van der Waals surface area contributed by atoms with E-state index in [2.05, 4.69) is 10.1 Å². The fraction of sp³-hybridized carbons (Fsp3) is 0.533. The number of rotatable bonds is 4. The predicted molar refractivity (Wildman–Crippen MR) is 73.2 cm³/mol. The lowest BCUT2D eigenvalue weighted by molar-refractivity contribution is -0.274. The number of hydrogen-bond acceptors (Lipinski definition) is 3. The highest BCUT2D eigenvalue weighted by Crippen LogP contribution is 2.24. The molecule has 0 saturated carbocycles. The van der Waals surface area contributed by atoms with Crippen molar-refractivity contribution in [2.24, 2.45) is 5.92 Å². The third-order valence-corrected chi connectivity index (χ3v) is 3.56. The maximum Gasteiger partial charge on any atom is 0.573 e. The molecule has 22 heavy (non-hydrogen) atoms. The van der Waals surface area contributed by atoms with Crippen molar-refractivity contribution < 1.29 is 27.4 Å². The molecule has 0 aliphatic carbocycles. The number of hydrogen-bond donors (Lipinski definition) is 1. The van der Waals surface area contributed by atoms with Gasteiger partial charge in [-0.05, 0) is 37.5 Å². The molecule has 1 aromatic rings. The summed E-state index contributed by atoms with van der Waals surface area (Å²) in [5.74, 6) is -0.394. The van der Waals surface area contributed by atoms with E-state index in [1.54, 1.807) is 6.92 Å². The summed E-state index contributed by atoms with van der Waals surface area (Å²) in [7, 11) is 0. The van der Waals surface area contributed by atoms with E-state index in [1.807, 2.05) is 0 Å². The average molecular weight is 317 g/mol. The van der Waals surface area contributed by atoms with Crippen LogP contribution in [0.2, 0.25) is 0 Å². The first-order valence-corrected chi connectivity index (χ1v) is 7.09. The maximum absolute atomic E-state index is 12.1. The molecule has 0 bridgehead atoms. The zero-order valence-electron chi connectivity index (χ0n) is 12.2. The van der Waals surface area contributed by atoms with E-state index in [1.165, 1.54) is 24.3 Å². The second-order valence-electron chi connectivity index (χ2n) is 5.23. The number of carbonyl (C=O) groups is 1. The van der Waals surface area contributed by atoms with Gasteiger partial charge in [0.25, 0.3) is 0 Å². The summed E-state index contributed by atoms with van der Waals surface area (Å²) in [6.45, 7) is 2.95. The van der Waals surface area contributed by atoms with Gasteiger partial charge in [0.05, 0.1) is 6.04 Å². The topological polar surface area (TPSA) is 47.6 Å². The molecule has 1 aliphatic heterocycles. The Balaban J connectivity index is 1.91. The molecule has 1 saturated heterocycles. The molecule has 0 spiro atoms. The van der Waals surface area contributed by atoms with Gasteiger partial charge in [-0.3, -0.25) is 4.79 Å². The first kappa shape index (κ1) is 16.6. The molecular weight excluding hydrogens is 299 g/mol. The van der Waals surface area contributed by atoms with Crippen LogP contribution in [0.1, 0.15) is 31.4 Å². The first-order chi connectivity index (χ1) is 10.3. The number of alkyl halides is 3. The van der Waals surface area contributed by atoms with Gasteiger partial charge in [0, 0.05) is 19.1 Å². The Bertz CT molecular complexity index is 496. The van der Waals surface area contributed by atoms with Crippen molar-refractivity contribution in [1.82, 2.24) is 5.32 Å². The summed E-state index contributed by atoms with van der Waals surface area (Å²) in [5, 5.41) is 2.88. The Labute approximate surface area is 126 Å². The Kier molecular flexibility index (Phi) is 5.28. The largest absolute Gasteiger partial charge is 0.573 e. The van der Waals surface area contributed by atoms with Gasteiger partial charge in [0.1, 0.15) is 5.75 Å². The van der Waals surface area contributed by atoms with Gasteiger partial charge >= 0.3 is 6.36 Å². The molecule has 1 fully saturated rings. The van der Waals surface area contributed by atoms with Crippen molar-refractivity contribution in [3.8, 4) is 5.75 Å². The Morgan fingerprint density at radius 3 is 2.41 bits per heavy atom. The number of halogens is 3. The van der Waals surface area contributed by atoms with E-state index >= 15 is 0 Å². The minimum absolute atomic E-state index is 0.0496. The molecule has 1 heterocycles. The molecule has 0 radical (unpaired) electrons. The van der Waals surface area contributed by atoms with Crippen LogP contribution in [0, 0.1) is 5.92 Å². The van der Waals surface area contributed by atoms with E-state index in [4.69, 9.17) is 4.74 Å². The van der Waals surface area contributed by atoms with Crippen molar-refractivity contribution >= 4 is 5.91 Å². The van der Waals surface area contributed by atoms with Gasteiger partial charge in [-0.2, -0.15) is 0 Å². The van der Waals surface area contributed by atoms with Crippen LogP contribution in [0.25, 0.3) is 0 Å². The lowest BCUT2D eigenvalue weighted by atomic mass is 9.98. The highest BCUT2D eigenvalue weighted by Gasteiger charge is 2.31. The normalized spacial score (nSPS) is 17.8. The van der Waals surface area contributed by atoms with Gasteiger partial charge in [-0.15, -0.1) is 13.2 Å². The smallest absolute Gasteiger partial charge is 0.406 e. The summed E-state index contributed by atoms with van der Waals surface area (Å²) in [5.41, 5.74) is 0.718. The molecule has 1 amide bonds. The molecule has 1 N–H and O–H groups in total. The molecule has 0 unspecified atom stereocenters. The molecule has 1 atom stereocenters. The Hall–Kier alpha value is -1.76. The minimum atomic E-state index is -4.70. The second-order valence-corrected chi connectivity index (χ2v) is 5.23. The number of carbonyl (C=O) groups excluding carboxylic acids is 1. The molecule has 1 aromatic carbocycles. The van der Waals surface area contributed by atoms with Gasteiger partial charge in [-0.25, -0.2) is 0 Å². The number of benzene rings is 1. The van der Waals surface area contributed by atoms with E-state index in [0.29, 0.717) is 26.1 Å². The zero-order chi connectivity index (χ0) is 16.2. The summed E-state index contributed by atoms with van der Waals surface area (Å²) < 4.78 is 45.3. The van der Waals surface area contributed by atoms with Crippen LogP contribution in [0.15, 0.2) is 24.3 Å². The molecule has 122 valence electrons. The lowest BCUT2D eigenvalue weighted by Crippen LogP contribution is -2.35. The molecule has 2 rings (SSSR count). The van der Waals surface area contributed by atoms with E-state index < -0.39 is 6.36 Å². The van der Waals surface area contributed by atoms with Crippen molar-refractivity contribution in [2.45, 2.75) is 32.2 Å². The Morgan fingerprint density at radius 2 is 1.86 bits per heavy atom. The molecule has 7 heteroatoms. The number of nitrogens with one attached hydrogen (secondary N) is 1.